The van der Waals surface area contributed by atoms with Gasteiger partial charge in [0, 0.05) is 18.1 Å². The van der Waals surface area contributed by atoms with Gasteiger partial charge in [-0.2, -0.15) is 0 Å². The number of aryl methyl sites for hydroxylation is 2. The molecule has 5 rings (SSSR count). The third kappa shape index (κ3) is 4.84. The van der Waals surface area contributed by atoms with Crippen molar-refractivity contribution in [1.29, 1.82) is 0 Å². The molecule has 0 spiro atoms. The average molecular weight is 547 g/mol. The third-order valence-corrected chi connectivity index (χ3v) is 8.56. The molecule has 210 valence electrons. The van der Waals surface area contributed by atoms with Gasteiger partial charge in [-0.15, -0.1) is 0 Å². The van der Waals surface area contributed by atoms with Gasteiger partial charge in [-0.3, -0.25) is 19.7 Å². The summed E-state index contributed by atoms with van der Waals surface area (Å²) in [4.78, 5) is 38.9. The number of nitro benzene ring substituents is 1. The SMILES string of the molecule is CC/C(=C\c1cc(C)c(O)c(C)c1)CC[C@H]1OC[C@H]2C1=C(CO)C[C@H]1C(=O)N(c3cccc([N+](=O)[O-])c3)C(=O)[C@H]12. The summed E-state index contributed by atoms with van der Waals surface area (Å²) in [5.41, 5.74) is 5.59. The Balaban J connectivity index is 1.37. The fourth-order valence-electron chi connectivity index (χ4n) is 6.60. The number of hydrogen-bond acceptors (Lipinski definition) is 7. The number of ether oxygens (including phenoxy) is 1. The van der Waals surface area contributed by atoms with E-state index in [1.165, 1.54) is 29.8 Å². The minimum Gasteiger partial charge on any atom is -0.507 e. The van der Waals surface area contributed by atoms with E-state index in [-0.39, 0.29) is 54.8 Å². The quantitative estimate of drug-likeness (QED) is 0.206. The Labute approximate surface area is 232 Å². The van der Waals surface area contributed by atoms with E-state index in [0.717, 1.165) is 45.6 Å². The van der Waals surface area contributed by atoms with Crippen LogP contribution in [0.3, 0.4) is 0 Å². The van der Waals surface area contributed by atoms with Crippen LogP contribution in [0.4, 0.5) is 11.4 Å². The van der Waals surface area contributed by atoms with Crippen LogP contribution in [0.15, 0.2) is 53.1 Å². The standard InChI is InChI=1S/C31H34N2O7/c1-4-19(12-20-10-17(2)29(35)18(3)11-20)8-9-26-27-21(15-34)13-24-28(25(27)16-40-26)31(37)32(30(24)36)22-6-5-7-23(14-22)33(38)39/h5-7,10-12,14,24-26,28,34-35H,4,8-9,13,15-16H2,1-3H3/b19-12+/t24-,25+,26-,28-/m1/s1. The molecule has 2 fully saturated rings. The van der Waals surface area contributed by atoms with Gasteiger partial charge in [0.25, 0.3) is 5.69 Å². The van der Waals surface area contributed by atoms with E-state index in [1.54, 1.807) is 0 Å². The lowest BCUT2D eigenvalue weighted by atomic mass is 9.69. The number of rotatable bonds is 8. The van der Waals surface area contributed by atoms with E-state index < -0.39 is 16.8 Å². The van der Waals surface area contributed by atoms with Crippen molar-refractivity contribution in [2.45, 2.75) is 52.6 Å². The van der Waals surface area contributed by atoms with E-state index in [4.69, 9.17) is 4.74 Å². The zero-order valence-corrected chi connectivity index (χ0v) is 22.9. The lowest BCUT2D eigenvalue weighted by molar-refractivity contribution is -0.384. The summed E-state index contributed by atoms with van der Waals surface area (Å²) in [5, 5.41) is 31.7. The molecule has 2 aliphatic heterocycles. The maximum atomic E-state index is 13.6. The van der Waals surface area contributed by atoms with Gasteiger partial charge in [0.1, 0.15) is 5.75 Å². The summed E-state index contributed by atoms with van der Waals surface area (Å²) in [7, 11) is 0. The first-order chi connectivity index (χ1) is 19.1. The molecule has 2 N–H and O–H groups in total. The summed E-state index contributed by atoms with van der Waals surface area (Å²) in [6.07, 6.45) is 4.43. The predicted molar refractivity (Wildman–Crippen MR) is 150 cm³/mol. The number of aromatic hydroxyl groups is 1. The number of fused-ring (bicyclic) bond motifs is 3. The van der Waals surface area contributed by atoms with Crippen LogP contribution < -0.4 is 4.90 Å². The number of non-ortho nitro benzene ring substituents is 1. The number of nitro groups is 1. The number of benzene rings is 2. The second-order valence-electron chi connectivity index (χ2n) is 11.0. The summed E-state index contributed by atoms with van der Waals surface area (Å²) in [5.74, 6) is -2.01. The first kappa shape index (κ1) is 27.7. The number of imide groups is 1. The molecule has 0 saturated carbocycles. The average Bonchev–Trinajstić information content (AvgIpc) is 3.47. The fourth-order valence-corrected chi connectivity index (χ4v) is 6.60. The summed E-state index contributed by atoms with van der Waals surface area (Å²) in [6.45, 7) is 5.93. The van der Waals surface area contributed by atoms with Crippen molar-refractivity contribution in [2.75, 3.05) is 18.1 Å². The molecular weight excluding hydrogens is 512 g/mol. The largest absolute Gasteiger partial charge is 0.507 e. The van der Waals surface area contributed by atoms with Gasteiger partial charge in [-0.25, -0.2) is 4.90 Å². The predicted octanol–water partition coefficient (Wildman–Crippen LogP) is 5.00. The lowest BCUT2D eigenvalue weighted by Gasteiger charge is -2.31. The van der Waals surface area contributed by atoms with Gasteiger partial charge in [0.05, 0.1) is 41.8 Å². The van der Waals surface area contributed by atoms with Crippen molar-refractivity contribution in [3.63, 3.8) is 0 Å². The second-order valence-corrected chi connectivity index (χ2v) is 11.0. The molecule has 0 radical (unpaired) electrons. The normalized spacial score (nSPS) is 24.5. The zero-order valence-electron chi connectivity index (χ0n) is 22.9. The first-order valence-electron chi connectivity index (χ1n) is 13.7. The molecule has 9 heteroatoms. The highest BCUT2D eigenvalue weighted by molar-refractivity contribution is 6.22. The highest BCUT2D eigenvalue weighted by Gasteiger charge is 2.57. The Morgan fingerprint density at radius 1 is 1.15 bits per heavy atom. The molecule has 2 amide bonds. The highest BCUT2D eigenvalue weighted by atomic mass is 16.6. The van der Waals surface area contributed by atoms with Crippen LogP contribution in [-0.4, -0.2) is 46.3 Å². The molecule has 1 aliphatic carbocycles. The number of nitrogens with zero attached hydrogens (tertiary/aromatic N) is 2. The van der Waals surface area contributed by atoms with Gasteiger partial charge in [-0.05, 0) is 85.6 Å². The zero-order chi connectivity index (χ0) is 28.7. The van der Waals surface area contributed by atoms with E-state index in [1.807, 2.05) is 26.0 Å². The number of carbonyl (C=O) groups excluding carboxylic acids is 2. The lowest BCUT2D eigenvalue weighted by Crippen LogP contribution is -2.35. The topological polar surface area (TPSA) is 130 Å². The summed E-state index contributed by atoms with van der Waals surface area (Å²) < 4.78 is 6.21. The molecule has 0 unspecified atom stereocenters. The van der Waals surface area contributed by atoms with Crippen LogP contribution in [0.25, 0.3) is 6.08 Å². The van der Waals surface area contributed by atoms with E-state index in [2.05, 4.69) is 13.0 Å². The first-order valence-corrected chi connectivity index (χ1v) is 13.7. The van der Waals surface area contributed by atoms with Crippen LogP contribution in [0.5, 0.6) is 5.75 Å². The van der Waals surface area contributed by atoms with Gasteiger partial charge >= 0.3 is 0 Å². The Morgan fingerprint density at radius 2 is 1.88 bits per heavy atom. The number of phenols is 1. The van der Waals surface area contributed by atoms with Crippen LogP contribution >= 0.6 is 0 Å². The Morgan fingerprint density at radius 3 is 2.52 bits per heavy atom. The number of aliphatic hydroxyl groups is 1. The third-order valence-electron chi connectivity index (χ3n) is 8.56. The molecule has 40 heavy (non-hydrogen) atoms. The maximum absolute atomic E-state index is 13.6. The van der Waals surface area contributed by atoms with E-state index in [9.17, 15) is 29.9 Å². The number of carbonyl (C=O) groups is 2. The van der Waals surface area contributed by atoms with Gasteiger partial charge in [-0.1, -0.05) is 24.6 Å². The minimum absolute atomic E-state index is 0.190. The van der Waals surface area contributed by atoms with Crippen molar-refractivity contribution in [1.82, 2.24) is 0 Å². The number of hydrogen-bond donors (Lipinski definition) is 2. The molecule has 2 saturated heterocycles. The summed E-state index contributed by atoms with van der Waals surface area (Å²) in [6, 6.07) is 9.49. The second kappa shape index (κ2) is 11.0. The van der Waals surface area contributed by atoms with Crippen LogP contribution in [0, 0.1) is 41.7 Å². The molecule has 2 aromatic carbocycles. The minimum atomic E-state index is -0.628. The Kier molecular flexibility index (Phi) is 7.61. The Bertz CT molecular complexity index is 1420. The molecule has 9 nitrogen and oxygen atoms in total. The van der Waals surface area contributed by atoms with E-state index >= 15 is 0 Å². The van der Waals surface area contributed by atoms with Crippen LogP contribution in [0.1, 0.15) is 49.3 Å². The van der Waals surface area contributed by atoms with Crippen LogP contribution in [-0.2, 0) is 14.3 Å². The molecule has 3 aliphatic rings. The Hall–Kier alpha value is -3.82. The number of amides is 2. The smallest absolute Gasteiger partial charge is 0.271 e. The molecule has 2 heterocycles. The number of aliphatic hydroxyl groups excluding tert-OH is 1. The van der Waals surface area contributed by atoms with E-state index in [0.29, 0.717) is 12.2 Å². The number of phenolic OH excluding ortho intramolecular Hbond substituents is 1. The molecule has 4 atom stereocenters. The molecule has 0 bridgehead atoms. The van der Waals surface area contributed by atoms with Gasteiger partial charge in [0.15, 0.2) is 0 Å². The monoisotopic (exact) mass is 546 g/mol. The van der Waals surface area contributed by atoms with Crippen molar-refractivity contribution in [3.8, 4) is 5.75 Å². The van der Waals surface area contributed by atoms with Crippen LogP contribution in [0.2, 0.25) is 0 Å². The summed E-state index contributed by atoms with van der Waals surface area (Å²) >= 11 is 0. The molecule has 0 aromatic heterocycles. The highest BCUT2D eigenvalue weighted by Crippen LogP contribution is 2.50. The number of allylic oxidation sites excluding steroid dienone is 1. The fraction of sp³-hybridized carbons (Fsp3) is 0.419. The molecule has 2 aromatic rings. The van der Waals surface area contributed by atoms with Crippen molar-refractivity contribution in [3.05, 3.63) is 79.9 Å². The van der Waals surface area contributed by atoms with Gasteiger partial charge in [0.2, 0.25) is 11.8 Å². The molecular formula is C31H34N2O7. The van der Waals surface area contributed by atoms with Gasteiger partial charge < -0.3 is 14.9 Å². The number of anilines is 1. The van der Waals surface area contributed by atoms with Crippen molar-refractivity contribution < 1.29 is 29.5 Å². The van der Waals surface area contributed by atoms with Crippen molar-refractivity contribution in [2.24, 2.45) is 17.8 Å². The van der Waals surface area contributed by atoms with Crippen molar-refractivity contribution >= 4 is 29.3 Å². The maximum Gasteiger partial charge on any atom is 0.271 e.